The van der Waals surface area contributed by atoms with E-state index in [0.717, 1.165) is 22.2 Å². The van der Waals surface area contributed by atoms with Crippen LogP contribution in [0.15, 0.2) is 71.6 Å². The van der Waals surface area contributed by atoms with Gasteiger partial charge in [-0.2, -0.15) is 0 Å². The molecule has 1 aliphatic rings. The average Bonchev–Trinajstić information content (AvgIpc) is 3.08. The summed E-state index contributed by atoms with van der Waals surface area (Å²) in [5.41, 5.74) is 2.83. The van der Waals surface area contributed by atoms with E-state index in [-0.39, 0.29) is 22.4 Å². The zero-order chi connectivity index (χ0) is 24.2. The predicted molar refractivity (Wildman–Crippen MR) is 137 cm³/mol. The molecule has 1 aliphatic heterocycles. The van der Waals surface area contributed by atoms with Gasteiger partial charge in [-0.15, -0.1) is 0 Å². The van der Waals surface area contributed by atoms with Crippen molar-refractivity contribution < 1.29 is 19.1 Å². The number of ether oxygens (including phenoxy) is 1. The summed E-state index contributed by atoms with van der Waals surface area (Å²) in [5, 5.41) is 3.13. The number of rotatable bonds is 6. The van der Waals surface area contributed by atoms with Gasteiger partial charge in [0, 0.05) is 10.7 Å². The number of hydrogen-bond donors (Lipinski definition) is 1. The first-order chi connectivity index (χ1) is 16.3. The van der Waals surface area contributed by atoms with E-state index in [1.807, 2.05) is 31.2 Å². The molecule has 1 heterocycles. The molecule has 3 aromatic carbocycles. The molecule has 0 atom stereocenters. The molecule has 0 aliphatic carbocycles. The minimum atomic E-state index is -0.429. The molecule has 6 nitrogen and oxygen atoms in total. The predicted octanol–water partition coefficient (Wildman–Crippen LogP) is 6.56. The minimum Gasteiger partial charge on any atom is -0.482 e. The van der Waals surface area contributed by atoms with Gasteiger partial charge in [-0.1, -0.05) is 47.0 Å². The van der Waals surface area contributed by atoms with Gasteiger partial charge in [-0.05, 0) is 78.9 Å². The van der Waals surface area contributed by atoms with Crippen LogP contribution in [0.3, 0.4) is 0 Å². The van der Waals surface area contributed by atoms with Crippen molar-refractivity contribution in [3.63, 3.8) is 0 Å². The lowest BCUT2D eigenvalue weighted by Gasteiger charge is -2.12. The van der Waals surface area contributed by atoms with E-state index in [1.54, 1.807) is 48.5 Å². The summed E-state index contributed by atoms with van der Waals surface area (Å²) in [4.78, 5) is 38.7. The van der Waals surface area contributed by atoms with Crippen molar-refractivity contribution >= 4 is 69.5 Å². The number of nitrogens with zero attached hydrogens (tertiary/aromatic N) is 1. The quantitative estimate of drug-likeness (QED) is 0.378. The summed E-state index contributed by atoms with van der Waals surface area (Å²) in [6, 6.07) is 18.8. The maximum Gasteiger partial charge on any atom is 0.298 e. The lowest BCUT2D eigenvalue weighted by atomic mass is 10.2. The van der Waals surface area contributed by atoms with E-state index in [1.165, 1.54) is 0 Å². The summed E-state index contributed by atoms with van der Waals surface area (Å²) >= 11 is 13.0. The van der Waals surface area contributed by atoms with Gasteiger partial charge in [0.25, 0.3) is 17.1 Å². The number of hydrogen-bond acceptors (Lipinski definition) is 5. The van der Waals surface area contributed by atoms with Crippen molar-refractivity contribution in [1.82, 2.24) is 0 Å². The normalized spacial score (nSPS) is 14.6. The van der Waals surface area contributed by atoms with Gasteiger partial charge in [0.05, 0.1) is 15.6 Å². The maximum atomic E-state index is 12.8. The van der Waals surface area contributed by atoms with Crippen molar-refractivity contribution in [2.24, 2.45) is 0 Å². The molecule has 3 aromatic rings. The van der Waals surface area contributed by atoms with E-state index in [2.05, 4.69) is 5.32 Å². The number of carbonyl (C=O) groups excluding carboxylic acids is 3. The van der Waals surface area contributed by atoms with Crippen LogP contribution >= 0.6 is 35.0 Å². The fourth-order valence-electron chi connectivity index (χ4n) is 3.13. The second-order valence-electron chi connectivity index (χ2n) is 7.39. The van der Waals surface area contributed by atoms with E-state index >= 15 is 0 Å². The Bertz CT molecular complexity index is 1290. The molecule has 3 amide bonds. The first kappa shape index (κ1) is 23.9. The Hall–Kier alpha value is -3.26. The Morgan fingerprint density at radius 2 is 1.74 bits per heavy atom. The molecule has 0 saturated carbocycles. The molecule has 9 heteroatoms. The Morgan fingerprint density at radius 3 is 2.41 bits per heavy atom. The topological polar surface area (TPSA) is 75.7 Å². The van der Waals surface area contributed by atoms with Gasteiger partial charge in [0.1, 0.15) is 5.75 Å². The zero-order valence-electron chi connectivity index (χ0n) is 17.9. The SMILES string of the molecule is Cc1ccc(NC(=O)COc2ccc(/C=C3/SC(=O)N(c4ccc(Cl)cc4)C3=O)cc2Cl)cc1. The molecule has 0 radical (unpaired) electrons. The number of anilines is 2. The first-order valence-corrected chi connectivity index (χ1v) is 11.7. The number of aryl methyl sites for hydroxylation is 1. The Kier molecular flexibility index (Phi) is 7.26. The smallest absolute Gasteiger partial charge is 0.298 e. The molecule has 0 unspecified atom stereocenters. The highest BCUT2D eigenvalue weighted by Crippen LogP contribution is 2.37. The monoisotopic (exact) mass is 512 g/mol. The number of halogens is 2. The Labute approximate surface area is 210 Å². The molecule has 172 valence electrons. The molecule has 0 bridgehead atoms. The molecule has 0 spiro atoms. The zero-order valence-corrected chi connectivity index (χ0v) is 20.2. The third-order valence-corrected chi connectivity index (χ3v) is 6.24. The highest BCUT2D eigenvalue weighted by atomic mass is 35.5. The van der Waals surface area contributed by atoms with Gasteiger partial charge in [0.2, 0.25) is 0 Å². The van der Waals surface area contributed by atoms with E-state index < -0.39 is 11.1 Å². The summed E-state index contributed by atoms with van der Waals surface area (Å²) in [7, 11) is 0. The number of nitrogens with one attached hydrogen (secondary N) is 1. The van der Waals surface area contributed by atoms with Gasteiger partial charge in [0.15, 0.2) is 6.61 Å². The molecule has 1 fully saturated rings. The minimum absolute atomic E-state index is 0.215. The largest absolute Gasteiger partial charge is 0.482 e. The van der Waals surface area contributed by atoms with E-state index in [9.17, 15) is 14.4 Å². The van der Waals surface area contributed by atoms with Crippen LogP contribution in [-0.2, 0) is 9.59 Å². The van der Waals surface area contributed by atoms with Crippen molar-refractivity contribution in [1.29, 1.82) is 0 Å². The third kappa shape index (κ3) is 5.62. The highest BCUT2D eigenvalue weighted by Gasteiger charge is 2.36. The maximum absolute atomic E-state index is 12.8. The molecule has 1 N–H and O–H groups in total. The van der Waals surface area contributed by atoms with E-state index in [4.69, 9.17) is 27.9 Å². The van der Waals surface area contributed by atoms with Crippen LogP contribution in [0.5, 0.6) is 5.75 Å². The lowest BCUT2D eigenvalue weighted by Crippen LogP contribution is -2.27. The number of thioether (sulfide) groups is 1. The van der Waals surface area contributed by atoms with Crippen molar-refractivity contribution in [3.05, 3.63) is 92.8 Å². The number of carbonyl (C=O) groups is 3. The summed E-state index contributed by atoms with van der Waals surface area (Å²) < 4.78 is 5.53. The average molecular weight is 513 g/mol. The van der Waals surface area contributed by atoms with E-state index in [0.29, 0.717) is 27.7 Å². The second kappa shape index (κ2) is 10.3. The van der Waals surface area contributed by atoms with Crippen LogP contribution in [0.1, 0.15) is 11.1 Å². The highest BCUT2D eigenvalue weighted by molar-refractivity contribution is 8.19. The van der Waals surface area contributed by atoms with Gasteiger partial charge < -0.3 is 10.1 Å². The summed E-state index contributed by atoms with van der Waals surface area (Å²) in [6.07, 6.45) is 1.58. The van der Waals surface area contributed by atoms with Crippen LogP contribution < -0.4 is 15.0 Å². The summed E-state index contributed by atoms with van der Waals surface area (Å²) in [6.45, 7) is 1.75. The Balaban J connectivity index is 1.41. The molecule has 1 saturated heterocycles. The summed E-state index contributed by atoms with van der Waals surface area (Å²) in [5.74, 6) is -0.423. The molecule has 34 heavy (non-hydrogen) atoms. The van der Waals surface area contributed by atoms with Crippen LogP contribution in [0.4, 0.5) is 16.2 Å². The number of benzene rings is 3. The Morgan fingerprint density at radius 1 is 1.03 bits per heavy atom. The first-order valence-electron chi connectivity index (χ1n) is 10.1. The van der Waals surface area contributed by atoms with Crippen LogP contribution in [0.25, 0.3) is 6.08 Å². The number of imide groups is 1. The number of amides is 3. The molecular formula is C25H18Cl2N2O4S. The third-order valence-electron chi connectivity index (χ3n) is 4.83. The van der Waals surface area contributed by atoms with Crippen molar-refractivity contribution in [2.45, 2.75) is 6.92 Å². The fourth-order valence-corrected chi connectivity index (χ4v) is 4.34. The second-order valence-corrected chi connectivity index (χ2v) is 9.22. The van der Waals surface area contributed by atoms with Gasteiger partial charge >= 0.3 is 0 Å². The van der Waals surface area contributed by atoms with Crippen molar-refractivity contribution in [2.75, 3.05) is 16.8 Å². The van der Waals surface area contributed by atoms with Gasteiger partial charge in [-0.25, -0.2) is 4.90 Å². The van der Waals surface area contributed by atoms with Crippen molar-refractivity contribution in [3.8, 4) is 5.75 Å². The van der Waals surface area contributed by atoms with Crippen LogP contribution in [0.2, 0.25) is 10.0 Å². The molecular weight excluding hydrogens is 495 g/mol. The lowest BCUT2D eigenvalue weighted by molar-refractivity contribution is -0.118. The van der Waals surface area contributed by atoms with Crippen LogP contribution in [0, 0.1) is 6.92 Å². The molecule has 0 aromatic heterocycles. The standard InChI is InChI=1S/C25H18Cl2N2O4S/c1-15-2-7-18(8-3-15)28-23(30)14-33-21-11-4-16(12-20(21)27)13-22-24(31)29(25(32)34-22)19-9-5-17(26)6-10-19/h2-13H,14H2,1H3,(H,28,30)/b22-13+. The molecule has 4 rings (SSSR count). The van der Waals surface area contributed by atoms with Gasteiger partial charge in [-0.3, -0.25) is 14.4 Å². The van der Waals surface area contributed by atoms with Crippen LogP contribution in [-0.4, -0.2) is 23.7 Å². The fraction of sp³-hybridized carbons (Fsp3) is 0.0800.